The molecule has 0 aliphatic rings. The summed E-state index contributed by atoms with van der Waals surface area (Å²) in [6.45, 7) is 3.22. The second-order valence-electron chi connectivity index (χ2n) is 4.38. The topological polar surface area (TPSA) is 66.6 Å². The first-order valence-corrected chi connectivity index (χ1v) is 6.40. The van der Waals surface area contributed by atoms with Gasteiger partial charge in [-0.2, -0.15) is 0 Å². The molecule has 3 N–H and O–H groups in total. The van der Waals surface area contributed by atoms with E-state index in [2.05, 4.69) is 6.92 Å². The van der Waals surface area contributed by atoms with Gasteiger partial charge in [0, 0.05) is 18.8 Å². The van der Waals surface area contributed by atoms with Crippen molar-refractivity contribution in [3.8, 4) is 0 Å². The number of anilines is 1. The van der Waals surface area contributed by atoms with E-state index < -0.39 is 0 Å². The van der Waals surface area contributed by atoms with Crippen molar-refractivity contribution in [3.63, 3.8) is 0 Å². The van der Waals surface area contributed by atoms with Gasteiger partial charge in [0.25, 0.3) is 0 Å². The van der Waals surface area contributed by atoms with E-state index in [4.69, 9.17) is 10.8 Å². The third-order valence-corrected chi connectivity index (χ3v) is 2.84. The Labute approximate surface area is 108 Å². The van der Waals surface area contributed by atoms with Crippen molar-refractivity contribution < 1.29 is 9.90 Å². The van der Waals surface area contributed by atoms with Gasteiger partial charge < -0.3 is 15.7 Å². The molecule has 4 nitrogen and oxygen atoms in total. The van der Waals surface area contributed by atoms with Crippen molar-refractivity contribution in [2.75, 3.05) is 25.4 Å². The number of nitrogens with zero attached hydrogens (tertiary/aromatic N) is 1. The first-order valence-electron chi connectivity index (χ1n) is 6.40. The minimum Gasteiger partial charge on any atom is -0.399 e. The first-order chi connectivity index (χ1) is 8.67. The van der Waals surface area contributed by atoms with Gasteiger partial charge in [0.15, 0.2) is 0 Å². The molecule has 4 heteroatoms. The van der Waals surface area contributed by atoms with Gasteiger partial charge >= 0.3 is 0 Å². The van der Waals surface area contributed by atoms with Gasteiger partial charge in [0.05, 0.1) is 13.0 Å². The smallest absolute Gasteiger partial charge is 0.227 e. The lowest BCUT2D eigenvalue weighted by atomic mass is 10.1. The van der Waals surface area contributed by atoms with Crippen LogP contribution in [0.3, 0.4) is 0 Å². The summed E-state index contributed by atoms with van der Waals surface area (Å²) in [4.78, 5) is 13.8. The third kappa shape index (κ3) is 4.75. The number of carbonyl (C=O) groups excluding carboxylic acids is 1. The largest absolute Gasteiger partial charge is 0.399 e. The number of aliphatic hydroxyl groups is 1. The number of rotatable bonds is 7. The molecule has 1 amide bonds. The summed E-state index contributed by atoms with van der Waals surface area (Å²) < 4.78 is 0. The van der Waals surface area contributed by atoms with Gasteiger partial charge in [-0.15, -0.1) is 0 Å². The molecular weight excluding hydrogens is 228 g/mol. The predicted molar refractivity (Wildman–Crippen MR) is 73.1 cm³/mol. The van der Waals surface area contributed by atoms with E-state index in [0.29, 0.717) is 25.2 Å². The quantitative estimate of drug-likeness (QED) is 0.719. The van der Waals surface area contributed by atoms with Crippen LogP contribution in [-0.4, -0.2) is 35.6 Å². The average Bonchev–Trinajstić information content (AvgIpc) is 2.37. The molecule has 0 bridgehead atoms. The number of carbonyl (C=O) groups is 1. The first kappa shape index (κ1) is 14.5. The average molecular weight is 250 g/mol. The number of unbranched alkanes of at least 4 members (excludes halogenated alkanes) is 1. The molecule has 0 spiro atoms. The highest BCUT2D eigenvalue weighted by Gasteiger charge is 2.12. The fourth-order valence-corrected chi connectivity index (χ4v) is 1.75. The van der Waals surface area contributed by atoms with Crippen molar-refractivity contribution in [2.24, 2.45) is 0 Å². The number of hydrogen-bond donors (Lipinski definition) is 2. The number of nitrogen functional groups attached to an aromatic ring is 1. The van der Waals surface area contributed by atoms with E-state index in [0.717, 1.165) is 18.4 Å². The van der Waals surface area contributed by atoms with Crippen LogP contribution in [0.15, 0.2) is 24.3 Å². The van der Waals surface area contributed by atoms with E-state index in [9.17, 15) is 4.79 Å². The van der Waals surface area contributed by atoms with Crippen molar-refractivity contribution >= 4 is 11.6 Å². The SMILES string of the molecule is CCCCN(CCO)C(=O)Cc1ccc(N)cc1. The Morgan fingerprint density at radius 2 is 1.94 bits per heavy atom. The zero-order valence-corrected chi connectivity index (χ0v) is 10.9. The fraction of sp³-hybridized carbons (Fsp3) is 0.500. The summed E-state index contributed by atoms with van der Waals surface area (Å²) in [6, 6.07) is 7.32. The molecule has 1 aromatic carbocycles. The van der Waals surface area contributed by atoms with E-state index in [1.807, 2.05) is 12.1 Å². The Morgan fingerprint density at radius 3 is 2.50 bits per heavy atom. The molecule has 0 aliphatic carbocycles. The van der Waals surface area contributed by atoms with Crippen molar-refractivity contribution in [2.45, 2.75) is 26.2 Å². The molecular formula is C14H22N2O2. The molecule has 0 atom stereocenters. The Morgan fingerprint density at radius 1 is 1.28 bits per heavy atom. The lowest BCUT2D eigenvalue weighted by Gasteiger charge is -2.21. The van der Waals surface area contributed by atoms with Gasteiger partial charge in [-0.25, -0.2) is 0 Å². The summed E-state index contributed by atoms with van der Waals surface area (Å²) in [6.07, 6.45) is 2.37. The highest BCUT2D eigenvalue weighted by molar-refractivity contribution is 5.78. The molecule has 1 aromatic rings. The van der Waals surface area contributed by atoms with Crippen LogP contribution < -0.4 is 5.73 Å². The molecule has 0 fully saturated rings. The lowest BCUT2D eigenvalue weighted by molar-refractivity contribution is -0.131. The Bertz CT molecular complexity index is 363. The minimum atomic E-state index is 0.0111. The van der Waals surface area contributed by atoms with Gasteiger partial charge in [-0.1, -0.05) is 25.5 Å². The van der Waals surface area contributed by atoms with Crippen LogP contribution in [0.2, 0.25) is 0 Å². The predicted octanol–water partition coefficient (Wildman–Crippen LogP) is 1.43. The summed E-state index contributed by atoms with van der Waals surface area (Å²) in [7, 11) is 0. The number of hydrogen-bond acceptors (Lipinski definition) is 3. The fourth-order valence-electron chi connectivity index (χ4n) is 1.75. The van der Waals surface area contributed by atoms with Crippen LogP contribution in [-0.2, 0) is 11.2 Å². The maximum atomic E-state index is 12.1. The molecule has 0 heterocycles. The number of nitrogens with two attached hydrogens (primary N) is 1. The maximum absolute atomic E-state index is 12.1. The Kier molecular flexibility index (Phi) is 6.22. The zero-order chi connectivity index (χ0) is 13.4. The highest BCUT2D eigenvalue weighted by atomic mass is 16.3. The van der Waals surface area contributed by atoms with Gasteiger partial charge in [-0.3, -0.25) is 4.79 Å². The molecule has 18 heavy (non-hydrogen) atoms. The normalized spacial score (nSPS) is 10.3. The minimum absolute atomic E-state index is 0.0111. The van der Waals surface area contributed by atoms with Gasteiger partial charge in [0.2, 0.25) is 5.91 Å². The molecule has 0 saturated heterocycles. The standard InChI is InChI=1S/C14H22N2O2/c1-2-3-8-16(9-10-17)14(18)11-12-4-6-13(15)7-5-12/h4-7,17H,2-3,8-11,15H2,1H3. The summed E-state index contributed by atoms with van der Waals surface area (Å²) in [5, 5.41) is 8.98. The van der Waals surface area contributed by atoms with Crippen LogP contribution in [0, 0.1) is 0 Å². The molecule has 0 aliphatic heterocycles. The van der Waals surface area contributed by atoms with Crippen LogP contribution in [0.25, 0.3) is 0 Å². The van der Waals surface area contributed by atoms with E-state index in [1.54, 1.807) is 17.0 Å². The van der Waals surface area contributed by atoms with Crippen LogP contribution in [0.1, 0.15) is 25.3 Å². The Balaban J connectivity index is 2.57. The third-order valence-electron chi connectivity index (χ3n) is 2.84. The monoisotopic (exact) mass is 250 g/mol. The van der Waals surface area contributed by atoms with Crippen molar-refractivity contribution in [3.05, 3.63) is 29.8 Å². The molecule has 0 aromatic heterocycles. The number of benzene rings is 1. The molecule has 0 unspecified atom stereocenters. The van der Waals surface area contributed by atoms with Crippen molar-refractivity contribution in [1.82, 2.24) is 4.90 Å². The molecule has 100 valence electrons. The summed E-state index contributed by atoms with van der Waals surface area (Å²) in [5.41, 5.74) is 7.25. The maximum Gasteiger partial charge on any atom is 0.227 e. The molecule has 0 saturated carbocycles. The van der Waals surface area contributed by atoms with Crippen LogP contribution in [0.4, 0.5) is 5.69 Å². The number of amides is 1. The second kappa shape index (κ2) is 7.71. The van der Waals surface area contributed by atoms with Gasteiger partial charge in [0.1, 0.15) is 0 Å². The van der Waals surface area contributed by atoms with Crippen LogP contribution >= 0.6 is 0 Å². The lowest BCUT2D eigenvalue weighted by Crippen LogP contribution is -2.35. The Hall–Kier alpha value is -1.55. The van der Waals surface area contributed by atoms with E-state index >= 15 is 0 Å². The van der Waals surface area contributed by atoms with Gasteiger partial charge in [-0.05, 0) is 24.1 Å². The van der Waals surface area contributed by atoms with E-state index in [-0.39, 0.29) is 12.5 Å². The molecule has 1 rings (SSSR count). The zero-order valence-electron chi connectivity index (χ0n) is 10.9. The second-order valence-corrected chi connectivity index (χ2v) is 4.38. The van der Waals surface area contributed by atoms with E-state index in [1.165, 1.54) is 0 Å². The van der Waals surface area contributed by atoms with Crippen LogP contribution in [0.5, 0.6) is 0 Å². The number of aliphatic hydroxyl groups excluding tert-OH is 1. The molecule has 0 radical (unpaired) electrons. The highest BCUT2D eigenvalue weighted by Crippen LogP contribution is 2.08. The summed E-state index contributed by atoms with van der Waals surface area (Å²) >= 11 is 0. The van der Waals surface area contributed by atoms with Crippen molar-refractivity contribution in [1.29, 1.82) is 0 Å². The summed E-state index contributed by atoms with van der Waals surface area (Å²) in [5.74, 6) is 0.0577.